The molecule has 0 atom stereocenters. The van der Waals surface area contributed by atoms with Gasteiger partial charge in [-0.05, 0) is 29.3 Å². The fraction of sp³-hybridized carbons (Fsp3) is 0.0526. The van der Waals surface area contributed by atoms with Gasteiger partial charge in [0.05, 0.1) is 5.56 Å². The first-order valence-corrected chi connectivity index (χ1v) is 7.46. The quantitative estimate of drug-likeness (QED) is 0.756. The predicted octanol–water partition coefficient (Wildman–Crippen LogP) is 3.01. The van der Waals surface area contributed by atoms with Crippen LogP contribution < -0.4 is 16.2 Å². The Bertz CT molecular complexity index is 846. The molecule has 0 saturated heterocycles. The summed E-state index contributed by atoms with van der Waals surface area (Å²) in [6.07, 6.45) is 1.61. The van der Waals surface area contributed by atoms with Crippen LogP contribution in [0.2, 0.25) is 0 Å². The number of nitrogen functional groups attached to an aromatic ring is 1. The maximum Gasteiger partial charge on any atom is 0.252 e. The molecular formula is C19H17N3O2. The number of hydrogen-bond donors (Lipinski definition) is 2. The Morgan fingerprint density at radius 3 is 2.38 bits per heavy atom. The van der Waals surface area contributed by atoms with Gasteiger partial charge in [0.1, 0.15) is 18.2 Å². The lowest BCUT2D eigenvalue weighted by Gasteiger charge is -2.08. The van der Waals surface area contributed by atoms with Crippen molar-refractivity contribution in [3.63, 3.8) is 0 Å². The molecule has 0 saturated carbocycles. The van der Waals surface area contributed by atoms with Crippen LogP contribution in [0, 0.1) is 0 Å². The molecule has 5 heteroatoms. The molecule has 0 unspecified atom stereocenters. The number of hydrogen-bond acceptors (Lipinski definition) is 4. The molecule has 120 valence electrons. The van der Waals surface area contributed by atoms with E-state index in [0.29, 0.717) is 6.61 Å². The zero-order valence-corrected chi connectivity index (χ0v) is 13.0. The average Bonchev–Trinajstić information content (AvgIpc) is 2.61. The third-order valence-electron chi connectivity index (χ3n) is 3.62. The van der Waals surface area contributed by atoms with Crippen molar-refractivity contribution < 1.29 is 9.53 Å². The summed E-state index contributed by atoms with van der Waals surface area (Å²) in [5, 5.41) is 0. The van der Waals surface area contributed by atoms with Crippen LogP contribution in [0.3, 0.4) is 0 Å². The molecule has 2 aromatic carbocycles. The maximum atomic E-state index is 11.4. The van der Waals surface area contributed by atoms with E-state index in [2.05, 4.69) is 4.98 Å². The van der Waals surface area contributed by atoms with Gasteiger partial charge in [0.15, 0.2) is 0 Å². The third-order valence-corrected chi connectivity index (χ3v) is 3.62. The SMILES string of the molecule is NC(=O)c1cc(-c2ccc(OCc3ccccc3)cc2)cnc1N. The number of carbonyl (C=O) groups excluding carboxylic acids is 1. The van der Waals surface area contributed by atoms with Crippen molar-refractivity contribution >= 4 is 11.7 Å². The normalized spacial score (nSPS) is 10.3. The number of rotatable bonds is 5. The molecule has 0 fully saturated rings. The van der Waals surface area contributed by atoms with Crippen molar-refractivity contribution in [3.8, 4) is 16.9 Å². The van der Waals surface area contributed by atoms with E-state index < -0.39 is 5.91 Å². The first-order chi connectivity index (χ1) is 11.6. The number of nitrogens with two attached hydrogens (primary N) is 2. The number of benzene rings is 2. The van der Waals surface area contributed by atoms with E-state index in [-0.39, 0.29) is 11.4 Å². The standard InChI is InChI=1S/C19H17N3O2/c20-18-17(19(21)23)10-15(11-22-18)14-6-8-16(9-7-14)24-12-13-4-2-1-3-5-13/h1-11H,12H2,(H2,20,22)(H2,21,23). The number of primary amides is 1. The minimum Gasteiger partial charge on any atom is -0.489 e. The number of nitrogens with zero attached hydrogens (tertiary/aromatic N) is 1. The summed E-state index contributed by atoms with van der Waals surface area (Å²) in [5.74, 6) is 0.305. The van der Waals surface area contributed by atoms with Crippen LogP contribution in [-0.2, 0) is 6.61 Å². The Hall–Kier alpha value is -3.34. The van der Waals surface area contributed by atoms with Gasteiger partial charge < -0.3 is 16.2 Å². The van der Waals surface area contributed by atoms with Crippen LogP contribution in [0.25, 0.3) is 11.1 Å². The first-order valence-electron chi connectivity index (χ1n) is 7.46. The molecule has 0 bridgehead atoms. The summed E-state index contributed by atoms with van der Waals surface area (Å²) < 4.78 is 5.75. The van der Waals surface area contributed by atoms with Crippen LogP contribution in [0.5, 0.6) is 5.75 Å². The highest BCUT2D eigenvalue weighted by Crippen LogP contribution is 2.24. The molecule has 24 heavy (non-hydrogen) atoms. The van der Waals surface area contributed by atoms with E-state index in [1.807, 2.05) is 54.6 Å². The fourth-order valence-electron chi connectivity index (χ4n) is 2.32. The average molecular weight is 319 g/mol. The van der Waals surface area contributed by atoms with Gasteiger partial charge in [-0.2, -0.15) is 0 Å². The number of anilines is 1. The monoisotopic (exact) mass is 319 g/mol. The number of amides is 1. The van der Waals surface area contributed by atoms with Crippen molar-refractivity contribution in [1.82, 2.24) is 4.98 Å². The summed E-state index contributed by atoms with van der Waals surface area (Å²) in [6.45, 7) is 0.509. The predicted molar refractivity (Wildman–Crippen MR) is 93.4 cm³/mol. The summed E-state index contributed by atoms with van der Waals surface area (Å²) in [4.78, 5) is 15.4. The summed E-state index contributed by atoms with van der Waals surface area (Å²) >= 11 is 0. The van der Waals surface area contributed by atoms with E-state index in [1.54, 1.807) is 12.3 Å². The number of carbonyl (C=O) groups is 1. The largest absolute Gasteiger partial charge is 0.489 e. The van der Waals surface area contributed by atoms with Gasteiger partial charge in [-0.3, -0.25) is 4.79 Å². The first kappa shape index (κ1) is 15.6. The van der Waals surface area contributed by atoms with Gasteiger partial charge in [-0.15, -0.1) is 0 Å². The summed E-state index contributed by atoms with van der Waals surface area (Å²) in [7, 11) is 0. The maximum absolute atomic E-state index is 11.4. The van der Waals surface area contributed by atoms with Gasteiger partial charge in [-0.1, -0.05) is 42.5 Å². The molecule has 3 aromatic rings. The number of ether oxygens (including phenoxy) is 1. The number of pyridine rings is 1. The summed E-state index contributed by atoms with van der Waals surface area (Å²) in [6, 6.07) is 19.1. The van der Waals surface area contributed by atoms with Crippen molar-refractivity contribution in [2.24, 2.45) is 5.73 Å². The van der Waals surface area contributed by atoms with E-state index >= 15 is 0 Å². The topological polar surface area (TPSA) is 91.2 Å². The Labute approximate surface area is 139 Å². The second-order valence-corrected chi connectivity index (χ2v) is 5.32. The highest BCUT2D eigenvalue weighted by molar-refractivity contribution is 5.98. The molecule has 1 aromatic heterocycles. The summed E-state index contributed by atoms with van der Waals surface area (Å²) in [5.41, 5.74) is 14.0. The molecule has 3 rings (SSSR count). The minimum absolute atomic E-state index is 0.133. The van der Waals surface area contributed by atoms with E-state index in [9.17, 15) is 4.79 Å². The lowest BCUT2D eigenvalue weighted by atomic mass is 10.1. The van der Waals surface area contributed by atoms with Gasteiger partial charge in [0, 0.05) is 11.8 Å². The lowest BCUT2D eigenvalue weighted by Crippen LogP contribution is -2.14. The van der Waals surface area contributed by atoms with Gasteiger partial charge in [0.25, 0.3) is 5.91 Å². The second kappa shape index (κ2) is 6.83. The molecule has 0 aliphatic heterocycles. The molecular weight excluding hydrogens is 302 g/mol. The van der Waals surface area contributed by atoms with Crippen LogP contribution in [0.1, 0.15) is 15.9 Å². The van der Waals surface area contributed by atoms with Crippen LogP contribution in [0.15, 0.2) is 66.9 Å². The zero-order chi connectivity index (χ0) is 16.9. The molecule has 0 aliphatic carbocycles. The van der Waals surface area contributed by atoms with E-state index in [0.717, 1.165) is 22.4 Å². The van der Waals surface area contributed by atoms with Crippen LogP contribution in [-0.4, -0.2) is 10.9 Å². The molecule has 1 amide bonds. The van der Waals surface area contributed by atoms with Crippen molar-refractivity contribution in [2.75, 3.05) is 5.73 Å². The van der Waals surface area contributed by atoms with Crippen LogP contribution >= 0.6 is 0 Å². The highest BCUT2D eigenvalue weighted by Gasteiger charge is 2.09. The molecule has 4 N–H and O–H groups in total. The Morgan fingerprint density at radius 1 is 1.00 bits per heavy atom. The molecule has 0 radical (unpaired) electrons. The Morgan fingerprint density at radius 2 is 1.71 bits per heavy atom. The Balaban J connectivity index is 1.75. The molecule has 1 heterocycles. The molecule has 0 spiro atoms. The highest BCUT2D eigenvalue weighted by atomic mass is 16.5. The Kier molecular flexibility index (Phi) is 4.43. The fourth-order valence-corrected chi connectivity index (χ4v) is 2.32. The zero-order valence-electron chi connectivity index (χ0n) is 13.0. The third kappa shape index (κ3) is 3.52. The van der Waals surface area contributed by atoms with Crippen LogP contribution in [0.4, 0.5) is 5.82 Å². The van der Waals surface area contributed by atoms with Crippen molar-refractivity contribution in [1.29, 1.82) is 0 Å². The minimum atomic E-state index is -0.593. The molecule has 5 nitrogen and oxygen atoms in total. The van der Waals surface area contributed by atoms with E-state index in [1.165, 1.54) is 0 Å². The van der Waals surface area contributed by atoms with Gasteiger partial charge in [-0.25, -0.2) is 4.98 Å². The van der Waals surface area contributed by atoms with Gasteiger partial charge in [0.2, 0.25) is 0 Å². The van der Waals surface area contributed by atoms with Crippen molar-refractivity contribution in [3.05, 3.63) is 78.0 Å². The smallest absolute Gasteiger partial charge is 0.252 e. The lowest BCUT2D eigenvalue weighted by molar-refractivity contribution is 0.100. The molecule has 0 aliphatic rings. The van der Waals surface area contributed by atoms with E-state index in [4.69, 9.17) is 16.2 Å². The number of aromatic nitrogens is 1. The second-order valence-electron chi connectivity index (χ2n) is 5.32. The van der Waals surface area contributed by atoms with Gasteiger partial charge >= 0.3 is 0 Å². The van der Waals surface area contributed by atoms with Crippen molar-refractivity contribution in [2.45, 2.75) is 6.61 Å².